The van der Waals surface area contributed by atoms with Gasteiger partial charge in [-0.3, -0.25) is 0 Å². The molecular weight excluding hydrogens is 295 g/mol. The number of hydrogen-bond acceptors (Lipinski definition) is 4. The van der Waals surface area contributed by atoms with E-state index in [2.05, 4.69) is 9.88 Å². The lowest BCUT2D eigenvalue weighted by Crippen LogP contribution is -2.27. The second kappa shape index (κ2) is 6.36. The first-order chi connectivity index (χ1) is 9.87. The summed E-state index contributed by atoms with van der Waals surface area (Å²) in [5, 5.41) is 3.82. The van der Waals surface area contributed by atoms with Gasteiger partial charge in [-0.15, -0.1) is 0 Å². The number of nitrogens with one attached hydrogen (secondary N) is 1. The third-order valence-corrected chi connectivity index (χ3v) is 4.51. The summed E-state index contributed by atoms with van der Waals surface area (Å²) in [4.78, 5) is 0. The van der Waals surface area contributed by atoms with Crippen LogP contribution in [-0.4, -0.2) is 20.1 Å². The van der Waals surface area contributed by atoms with Crippen LogP contribution >= 0.6 is 0 Å². The van der Waals surface area contributed by atoms with Crippen molar-refractivity contribution in [3.63, 3.8) is 0 Å². The summed E-state index contributed by atoms with van der Waals surface area (Å²) < 4.78 is 44.2. The van der Waals surface area contributed by atoms with Crippen molar-refractivity contribution in [2.75, 3.05) is 6.54 Å². The lowest BCUT2D eigenvalue weighted by molar-refractivity contribution is 0.392. The maximum Gasteiger partial charge on any atom is 0.215 e. The molecule has 0 aliphatic rings. The van der Waals surface area contributed by atoms with Crippen LogP contribution in [0.1, 0.15) is 22.6 Å². The highest BCUT2D eigenvalue weighted by molar-refractivity contribution is 7.88. The van der Waals surface area contributed by atoms with E-state index < -0.39 is 10.0 Å². The maximum absolute atomic E-state index is 12.8. The fourth-order valence-electron chi connectivity index (χ4n) is 2.04. The average Bonchev–Trinajstić information content (AvgIpc) is 2.73. The fourth-order valence-corrected chi connectivity index (χ4v) is 3.19. The van der Waals surface area contributed by atoms with Crippen LogP contribution < -0.4 is 4.72 Å². The highest BCUT2D eigenvalue weighted by Crippen LogP contribution is 2.12. The molecule has 1 aromatic carbocycles. The number of hydrogen-bond donors (Lipinski definition) is 1. The van der Waals surface area contributed by atoms with E-state index in [0.717, 1.165) is 11.3 Å². The molecule has 0 bridgehead atoms. The third-order valence-electron chi connectivity index (χ3n) is 3.15. The van der Waals surface area contributed by atoms with Gasteiger partial charge >= 0.3 is 0 Å². The molecule has 0 aliphatic carbocycles. The Morgan fingerprint density at radius 2 is 1.90 bits per heavy atom. The highest BCUT2D eigenvalue weighted by Gasteiger charge is 2.13. The maximum atomic E-state index is 12.8. The van der Waals surface area contributed by atoms with Crippen LogP contribution in [0, 0.1) is 19.7 Å². The van der Waals surface area contributed by atoms with E-state index in [4.69, 9.17) is 4.52 Å². The highest BCUT2D eigenvalue weighted by atomic mass is 32.2. The molecule has 0 saturated carbocycles. The van der Waals surface area contributed by atoms with E-state index in [1.165, 1.54) is 24.3 Å². The zero-order chi connectivity index (χ0) is 15.5. The summed E-state index contributed by atoms with van der Waals surface area (Å²) in [5.41, 5.74) is 2.23. The zero-order valence-corrected chi connectivity index (χ0v) is 12.7. The van der Waals surface area contributed by atoms with Gasteiger partial charge in [0.25, 0.3) is 0 Å². The van der Waals surface area contributed by atoms with Gasteiger partial charge in [0, 0.05) is 12.1 Å². The monoisotopic (exact) mass is 312 g/mol. The largest absolute Gasteiger partial charge is 0.361 e. The molecular formula is C14H17FN2O3S. The van der Waals surface area contributed by atoms with Crippen LogP contribution in [0.2, 0.25) is 0 Å². The molecule has 1 N–H and O–H groups in total. The second-order valence-electron chi connectivity index (χ2n) is 4.83. The second-order valence-corrected chi connectivity index (χ2v) is 6.64. The summed E-state index contributed by atoms with van der Waals surface area (Å²) in [5.74, 6) is 0.141. The molecule has 114 valence electrons. The van der Waals surface area contributed by atoms with E-state index in [0.29, 0.717) is 17.7 Å². The number of benzene rings is 1. The number of aromatic nitrogens is 1. The SMILES string of the molecule is Cc1noc(C)c1CCNS(=O)(=O)Cc1ccc(F)cc1. The topological polar surface area (TPSA) is 72.2 Å². The average molecular weight is 312 g/mol. The van der Waals surface area contributed by atoms with Gasteiger partial charge in [-0.25, -0.2) is 17.5 Å². The first kappa shape index (κ1) is 15.7. The van der Waals surface area contributed by atoms with Crippen LogP contribution in [0.15, 0.2) is 28.8 Å². The molecule has 2 aromatic rings. The van der Waals surface area contributed by atoms with Crippen LogP contribution in [0.3, 0.4) is 0 Å². The Labute approximate surface area is 123 Å². The Kier molecular flexibility index (Phi) is 4.74. The van der Waals surface area contributed by atoms with Gasteiger partial charge in [-0.05, 0) is 38.0 Å². The van der Waals surface area contributed by atoms with Gasteiger partial charge in [0.15, 0.2) is 0 Å². The third kappa shape index (κ3) is 4.37. The Morgan fingerprint density at radius 3 is 2.48 bits per heavy atom. The molecule has 0 amide bonds. The minimum atomic E-state index is -3.45. The van der Waals surface area contributed by atoms with Gasteiger partial charge < -0.3 is 4.52 Å². The zero-order valence-electron chi connectivity index (χ0n) is 11.9. The molecule has 0 saturated heterocycles. The van der Waals surface area contributed by atoms with E-state index in [-0.39, 0.29) is 18.1 Å². The van der Waals surface area contributed by atoms with Crippen LogP contribution in [0.4, 0.5) is 4.39 Å². The predicted octanol–water partition coefficient (Wildman–Crippen LogP) is 2.09. The Bertz CT molecular complexity index is 689. The van der Waals surface area contributed by atoms with Crippen molar-refractivity contribution >= 4 is 10.0 Å². The van der Waals surface area contributed by atoms with Gasteiger partial charge in [-0.1, -0.05) is 17.3 Å². The minimum Gasteiger partial charge on any atom is -0.361 e. The number of aryl methyl sites for hydroxylation is 2. The molecule has 7 heteroatoms. The van der Waals surface area contributed by atoms with Crippen molar-refractivity contribution in [3.8, 4) is 0 Å². The molecule has 21 heavy (non-hydrogen) atoms. The summed E-state index contributed by atoms with van der Waals surface area (Å²) in [6.45, 7) is 3.88. The standard InChI is InChI=1S/C14H17FN2O3S/c1-10-14(11(2)20-17-10)7-8-16-21(18,19)9-12-3-5-13(15)6-4-12/h3-6,16H,7-9H2,1-2H3. The molecule has 0 unspecified atom stereocenters. The van der Waals surface area contributed by atoms with Crippen LogP contribution in [-0.2, 0) is 22.2 Å². The fraction of sp³-hybridized carbons (Fsp3) is 0.357. The van der Waals surface area contributed by atoms with Gasteiger partial charge in [0.1, 0.15) is 11.6 Å². The molecule has 1 heterocycles. The summed E-state index contributed by atoms with van der Waals surface area (Å²) in [6.07, 6.45) is 0.518. The number of halogens is 1. The molecule has 1 aromatic heterocycles. The quantitative estimate of drug-likeness (QED) is 0.886. The Morgan fingerprint density at radius 1 is 1.24 bits per heavy atom. The Hall–Kier alpha value is -1.73. The lowest BCUT2D eigenvalue weighted by Gasteiger charge is -2.07. The number of sulfonamides is 1. The van der Waals surface area contributed by atoms with Crippen molar-refractivity contribution in [2.45, 2.75) is 26.0 Å². The van der Waals surface area contributed by atoms with Crippen molar-refractivity contribution in [1.29, 1.82) is 0 Å². The van der Waals surface area contributed by atoms with E-state index in [1.807, 2.05) is 6.92 Å². The molecule has 5 nitrogen and oxygen atoms in total. The van der Waals surface area contributed by atoms with Gasteiger partial charge in [0.05, 0.1) is 11.4 Å². The summed E-state index contributed by atoms with van der Waals surface area (Å²) >= 11 is 0. The summed E-state index contributed by atoms with van der Waals surface area (Å²) in [6, 6.07) is 5.41. The number of rotatable bonds is 6. The number of nitrogens with zero attached hydrogens (tertiary/aromatic N) is 1. The summed E-state index contributed by atoms with van der Waals surface area (Å²) in [7, 11) is -3.45. The first-order valence-electron chi connectivity index (χ1n) is 6.51. The minimum absolute atomic E-state index is 0.172. The van der Waals surface area contributed by atoms with Crippen molar-refractivity contribution in [3.05, 3.63) is 52.7 Å². The van der Waals surface area contributed by atoms with Crippen molar-refractivity contribution in [2.24, 2.45) is 0 Å². The molecule has 0 fully saturated rings. The predicted molar refractivity (Wildman–Crippen MR) is 76.7 cm³/mol. The smallest absolute Gasteiger partial charge is 0.215 e. The molecule has 0 aliphatic heterocycles. The molecule has 2 rings (SSSR count). The lowest BCUT2D eigenvalue weighted by atomic mass is 10.1. The Balaban J connectivity index is 1.91. The molecule has 0 spiro atoms. The normalized spacial score (nSPS) is 11.8. The van der Waals surface area contributed by atoms with E-state index in [9.17, 15) is 12.8 Å². The molecule has 0 radical (unpaired) electrons. The van der Waals surface area contributed by atoms with E-state index in [1.54, 1.807) is 6.92 Å². The molecule has 0 atom stereocenters. The van der Waals surface area contributed by atoms with Crippen LogP contribution in [0.25, 0.3) is 0 Å². The van der Waals surface area contributed by atoms with Crippen molar-refractivity contribution < 1.29 is 17.3 Å². The van der Waals surface area contributed by atoms with Crippen molar-refractivity contribution in [1.82, 2.24) is 9.88 Å². The first-order valence-corrected chi connectivity index (χ1v) is 8.16. The van der Waals surface area contributed by atoms with Gasteiger partial charge in [-0.2, -0.15) is 0 Å². The van der Waals surface area contributed by atoms with Gasteiger partial charge in [0.2, 0.25) is 10.0 Å². The van der Waals surface area contributed by atoms with Crippen LogP contribution in [0.5, 0.6) is 0 Å². The van der Waals surface area contributed by atoms with E-state index >= 15 is 0 Å².